The number of carbonyl (C=O) groups excluding carboxylic acids is 2. The topological polar surface area (TPSA) is 75.4 Å². The highest BCUT2D eigenvalue weighted by Crippen LogP contribution is 2.19. The Labute approximate surface area is 135 Å². The third-order valence-electron chi connectivity index (χ3n) is 4.02. The molecule has 1 aromatic rings. The molecule has 0 saturated carbocycles. The minimum Gasteiger partial charge on any atom is -0.354 e. The molecular formula is C16H25N3O2S. The molecule has 0 aromatic carbocycles. The Morgan fingerprint density at radius 3 is 2.95 bits per heavy atom. The Hall–Kier alpha value is -1.40. The van der Waals surface area contributed by atoms with Crippen LogP contribution in [-0.4, -0.2) is 42.4 Å². The standard InChI is InChI=1S/C16H25N3O2S/c17-9-8-15(20)18-12-13-4-1-2-10-19(13)16(21)7-6-14-5-3-11-22-14/h3,5,11,13H,1-2,4,6-10,12,17H2,(H,18,20). The van der Waals surface area contributed by atoms with Crippen molar-refractivity contribution in [2.75, 3.05) is 19.6 Å². The molecular weight excluding hydrogens is 298 g/mol. The van der Waals surface area contributed by atoms with E-state index in [4.69, 9.17) is 5.73 Å². The summed E-state index contributed by atoms with van der Waals surface area (Å²) in [6.07, 6.45) is 4.84. The van der Waals surface area contributed by atoms with E-state index in [-0.39, 0.29) is 17.9 Å². The molecule has 0 radical (unpaired) electrons. The van der Waals surface area contributed by atoms with Gasteiger partial charge in [-0.2, -0.15) is 0 Å². The maximum atomic E-state index is 12.5. The van der Waals surface area contributed by atoms with E-state index in [0.717, 1.165) is 32.2 Å². The van der Waals surface area contributed by atoms with Crippen molar-refractivity contribution in [3.05, 3.63) is 22.4 Å². The number of amides is 2. The van der Waals surface area contributed by atoms with Gasteiger partial charge in [0.2, 0.25) is 11.8 Å². The van der Waals surface area contributed by atoms with Crippen LogP contribution < -0.4 is 11.1 Å². The Balaban J connectivity index is 1.82. The number of nitrogens with one attached hydrogen (secondary N) is 1. The highest BCUT2D eigenvalue weighted by atomic mass is 32.1. The van der Waals surface area contributed by atoms with Crippen molar-refractivity contribution in [3.63, 3.8) is 0 Å². The molecule has 3 N–H and O–H groups in total. The van der Waals surface area contributed by atoms with Gasteiger partial charge in [-0.3, -0.25) is 9.59 Å². The number of likely N-dealkylation sites (tertiary alicyclic amines) is 1. The molecule has 0 spiro atoms. The lowest BCUT2D eigenvalue weighted by Crippen LogP contribution is -2.49. The van der Waals surface area contributed by atoms with Crippen LogP contribution >= 0.6 is 11.3 Å². The summed E-state index contributed by atoms with van der Waals surface area (Å²) in [7, 11) is 0. The first kappa shape index (κ1) is 17.0. The van der Waals surface area contributed by atoms with Gasteiger partial charge < -0.3 is 16.0 Å². The highest BCUT2D eigenvalue weighted by molar-refractivity contribution is 7.09. The molecule has 2 rings (SSSR count). The van der Waals surface area contributed by atoms with Crippen LogP contribution in [0.4, 0.5) is 0 Å². The van der Waals surface area contributed by atoms with Crippen molar-refractivity contribution in [1.82, 2.24) is 10.2 Å². The van der Waals surface area contributed by atoms with Gasteiger partial charge in [-0.25, -0.2) is 0 Å². The summed E-state index contributed by atoms with van der Waals surface area (Å²) < 4.78 is 0. The lowest BCUT2D eigenvalue weighted by atomic mass is 10.0. The van der Waals surface area contributed by atoms with Gasteiger partial charge in [0.1, 0.15) is 0 Å². The summed E-state index contributed by atoms with van der Waals surface area (Å²) in [5.41, 5.74) is 5.38. The fraction of sp³-hybridized carbons (Fsp3) is 0.625. The number of aryl methyl sites for hydroxylation is 1. The van der Waals surface area contributed by atoms with Crippen LogP contribution in [0.1, 0.15) is 37.0 Å². The molecule has 1 saturated heterocycles. The molecule has 22 heavy (non-hydrogen) atoms. The van der Waals surface area contributed by atoms with Crippen LogP contribution in [-0.2, 0) is 16.0 Å². The smallest absolute Gasteiger partial charge is 0.223 e. The number of nitrogens with two attached hydrogens (primary N) is 1. The number of carbonyl (C=O) groups is 2. The van der Waals surface area contributed by atoms with Gasteiger partial charge in [0.05, 0.1) is 0 Å². The van der Waals surface area contributed by atoms with E-state index in [0.29, 0.717) is 25.9 Å². The fourth-order valence-electron chi connectivity index (χ4n) is 2.82. The van der Waals surface area contributed by atoms with Gasteiger partial charge in [0.15, 0.2) is 0 Å². The van der Waals surface area contributed by atoms with E-state index in [1.165, 1.54) is 4.88 Å². The second kappa shape index (κ2) is 8.90. The Morgan fingerprint density at radius 1 is 1.36 bits per heavy atom. The maximum Gasteiger partial charge on any atom is 0.223 e. The van der Waals surface area contributed by atoms with Crippen LogP contribution in [0.25, 0.3) is 0 Å². The first-order chi connectivity index (χ1) is 10.7. The van der Waals surface area contributed by atoms with E-state index in [9.17, 15) is 9.59 Å². The molecule has 1 fully saturated rings. The largest absolute Gasteiger partial charge is 0.354 e. The molecule has 122 valence electrons. The number of rotatable bonds is 7. The Morgan fingerprint density at radius 2 is 2.23 bits per heavy atom. The molecule has 1 unspecified atom stereocenters. The molecule has 1 aliphatic heterocycles. The van der Waals surface area contributed by atoms with E-state index in [1.807, 2.05) is 16.3 Å². The predicted octanol–water partition coefficient (Wildman–Crippen LogP) is 1.53. The molecule has 2 amide bonds. The first-order valence-electron chi connectivity index (χ1n) is 7.99. The van der Waals surface area contributed by atoms with Crippen LogP contribution in [0, 0.1) is 0 Å². The van der Waals surface area contributed by atoms with E-state index < -0.39 is 0 Å². The lowest BCUT2D eigenvalue weighted by Gasteiger charge is -2.36. The minimum atomic E-state index is -0.0286. The number of hydrogen-bond acceptors (Lipinski definition) is 4. The molecule has 6 heteroatoms. The van der Waals surface area contributed by atoms with Gasteiger partial charge in [-0.1, -0.05) is 6.07 Å². The van der Waals surface area contributed by atoms with Crippen molar-refractivity contribution < 1.29 is 9.59 Å². The summed E-state index contributed by atoms with van der Waals surface area (Å²) in [6.45, 7) is 1.71. The van der Waals surface area contributed by atoms with Gasteiger partial charge in [-0.15, -0.1) is 11.3 Å². The SMILES string of the molecule is NCCC(=O)NCC1CCCCN1C(=O)CCc1cccs1. The number of piperidine rings is 1. The minimum absolute atomic E-state index is 0.0286. The van der Waals surface area contributed by atoms with Gasteiger partial charge >= 0.3 is 0 Å². The zero-order chi connectivity index (χ0) is 15.8. The molecule has 1 atom stereocenters. The fourth-order valence-corrected chi connectivity index (χ4v) is 3.53. The summed E-state index contributed by atoms with van der Waals surface area (Å²) in [5.74, 6) is 0.172. The Bertz CT molecular complexity index is 476. The zero-order valence-corrected chi connectivity index (χ0v) is 13.7. The molecule has 2 heterocycles. The second-order valence-electron chi connectivity index (χ2n) is 5.66. The second-order valence-corrected chi connectivity index (χ2v) is 6.69. The summed E-state index contributed by atoms with van der Waals surface area (Å²) in [5, 5.41) is 4.94. The zero-order valence-electron chi connectivity index (χ0n) is 12.9. The van der Waals surface area contributed by atoms with Crippen molar-refractivity contribution in [2.24, 2.45) is 5.73 Å². The van der Waals surface area contributed by atoms with Crippen molar-refractivity contribution in [3.8, 4) is 0 Å². The van der Waals surface area contributed by atoms with Crippen molar-refractivity contribution >= 4 is 23.2 Å². The number of nitrogens with zero attached hydrogens (tertiary/aromatic N) is 1. The summed E-state index contributed by atoms with van der Waals surface area (Å²) in [6, 6.07) is 4.21. The van der Waals surface area contributed by atoms with Crippen LogP contribution in [0.5, 0.6) is 0 Å². The van der Waals surface area contributed by atoms with Gasteiger partial charge in [-0.05, 0) is 37.1 Å². The third-order valence-corrected chi connectivity index (χ3v) is 4.96. The quantitative estimate of drug-likeness (QED) is 0.799. The normalized spacial score (nSPS) is 18.2. The molecule has 1 aliphatic rings. The average molecular weight is 323 g/mol. The van der Waals surface area contributed by atoms with Crippen LogP contribution in [0.3, 0.4) is 0 Å². The van der Waals surface area contributed by atoms with Crippen LogP contribution in [0.2, 0.25) is 0 Å². The molecule has 1 aromatic heterocycles. The number of hydrogen-bond donors (Lipinski definition) is 2. The van der Waals surface area contributed by atoms with Gasteiger partial charge in [0.25, 0.3) is 0 Å². The third kappa shape index (κ3) is 5.10. The highest BCUT2D eigenvalue weighted by Gasteiger charge is 2.26. The van der Waals surface area contributed by atoms with Crippen molar-refractivity contribution in [1.29, 1.82) is 0 Å². The predicted molar refractivity (Wildman–Crippen MR) is 88.7 cm³/mol. The first-order valence-corrected chi connectivity index (χ1v) is 8.87. The van der Waals surface area contributed by atoms with Crippen molar-refractivity contribution in [2.45, 2.75) is 44.6 Å². The average Bonchev–Trinajstić information content (AvgIpc) is 3.04. The monoisotopic (exact) mass is 323 g/mol. The molecule has 0 bridgehead atoms. The molecule has 5 nitrogen and oxygen atoms in total. The Kier molecular flexibility index (Phi) is 6.86. The van der Waals surface area contributed by atoms with Gasteiger partial charge in [0, 0.05) is 43.4 Å². The summed E-state index contributed by atoms with van der Waals surface area (Å²) >= 11 is 1.69. The van der Waals surface area contributed by atoms with E-state index in [1.54, 1.807) is 11.3 Å². The van der Waals surface area contributed by atoms with Crippen LogP contribution in [0.15, 0.2) is 17.5 Å². The number of thiophene rings is 1. The van der Waals surface area contributed by atoms with E-state index in [2.05, 4.69) is 11.4 Å². The lowest BCUT2D eigenvalue weighted by molar-refractivity contribution is -0.135. The maximum absolute atomic E-state index is 12.5. The van der Waals surface area contributed by atoms with E-state index >= 15 is 0 Å². The molecule has 0 aliphatic carbocycles. The summed E-state index contributed by atoms with van der Waals surface area (Å²) in [4.78, 5) is 27.2.